The lowest BCUT2D eigenvalue weighted by Gasteiger charge is -2.58. The number of allylic oxidation sites excluding steroid dienone is 1. The van der Waals surface area contributed by atoms with E-state index in [2.05, 4.69) is 35.8 Å². The van der Waals surface area contributed by atoms with Crippen molar-refractivity contribution in [2.45, 2.75) is 74.9 Å². The minimum absolute atomic E-state index is 0.0933. The van der Waals surface area contributed by atoms with Crippen LogP contribution in [0.1, 0.15) is 77.9 Å². The summed E-state index contributed by atoms with van der Waals surface area (Å²) in [6.45, 7) is 4.94. The molecule has 11 heteroatoms. The Hall–Kier alpha value is -4.94. The highest BCUT2D eigenvalue weighted by Crippen LogP contribution is 2.62. The largest absolute Gasteiger partial charge is 0.496 e. The maximum atomic E-state index is 11.9. The fourth-order valence-corrected chi connectivity index (χ4v) is 10.6. The maximum Gasteiger partial charge on any atom is 0.230 e. The van der Waals surface area contributed by atoms with Crippen LogP contribution in [0.2, 0.25) is 0 Å². The van der Waals surface area contributed by atoms with Gasteiger partial charge < -0.3 is 34.0 Å². The van der Waals surface area contributed by atoms with E-state index < -0.39 is 5.79 Å². The molecule has 3 aliphatic rings. The van der Waals surface area contributed by atoms with E-state index in [9.17, 15) is 15.0 Å². The molecule has 1 aliphatic heterocycles. The summed E-state index contributed by atoms with van der Waals surface area (Å²) < 4.78 is 26.3. The smallest absolute Gasteiger partial charge is 0.230 e. The number of aryl methyl sites for hydroxylation is 1. The zero-order valence-corrected chi connectivity index (χ0v) is 35.1. The molecule has 6 unspecified atom stereocenters. The zero-order valence-electron chi connectivity index (χ0n) is 34.3. The van der Waals surface area contributed by atoms with Crippen molar-refractivity contribution in [3.8, 4) is 23.0 Å². The van der Waals surface area contributed by atoms with Gasteiger partial charge in [0.1, 0.15) is 29.6 Å². The number of thioether (sulfide) groups is 1. The highest BCUT2D eigenvalue weighted by atomic mass is 32.2. The van der Waals surface area contributed by atoms with E-state index >= 15 is 0 Å². The minimum atomic E-state index is -1.08. The molecular weight excluding hydrogens is 777 g/mol. The minimum Gasteiger partial charge on any atom is -0.496 e. The normalized spacial score (nSPS) is 23.4. The third kappa shape index (κ3) is 9.81. The molecule has 6 atom stereocenters. The van der Waals surface area contributed by atoms with Crippen LogP contribution in [0, 0.1) is 17.8 Å². The van der Waals surface area contributed by atoms with Crippen molar-refractivity contribution >= 4 is 23.8 Å². The Balaban J connectivity index is 1.36. The standard InChI is InChI=1S/C49H56N2O8S/c1-3-26-56-49-46(60-27-21-34-19-22-50-23-20-34)31-43(51-57-33-35-11-5-4-6-12-35)41-29-36(13-7-9-24-52)40(14-8-10-25-53)47(48(41)49)42-30-39(16-18-45(42)59-49)58-38-15-17-44(55-2)37(28-38)32-54/h3-6,11-12,15-20,22-23,28-30,32,36,40,46-48,52-53H,1,7-10,13-14,21,24-27,31,33H2,2H3. The summed E-state index contributed by atoms with van der Waals surface area (Å²) in [4.78, 5) is 22.3. The van der Waals surface area contributed by atoms with Gasteiger partial charge in [0.05, 0.1) is 36.2 Å². The summed E-state index contributed by atoms with van der Waals surface area (Å²) in [6, 6.07) is 25.3. The molecule has 0 bridgehead atoms. The van der Waals surface area contributed by atoms with E-state index in [1.54, 1.807) is 24.3 Å². The number of aldehydes is 1. The molecule has 10 nitrogen and oxygen atoms in total. The number of aromatic nitrogens is 1. The molecule has 2 heterocycles. The second-order valence-electron chi connectivity index (χ2n) is 15.6. The van der Waals surface area contributed by atoms with Gasteiger partial charge in [-0.15, -0.1) is 6.58 Å². The summed E-state index contributed by atoms with van der Waals surface area (Å²) in [6.07, 6.45) is 14.9. The van der Waals surface area contributed by atoms with E-state index in [0.29, 0.717) is 48.7 Å². The Kier molecular flexibility index (Phi) is 15.1. The second-order valence-corrected chi connectivity index (χ2v) is 16.9. The van der Waals surface area contributed by atoms with Crippen LogP contribution in [0.3, 0.4) is 0 Å². The number of carbonyl (C=O) groups excluding carboxylic acids is 1. The molecule has 2 aliphatic carbocycles. The van der Waals surface area contributed by atoms with Crippen LogP contribution in [0.5, 0.6) is 23.0 Å². The van der Waals surface area contributed by atoms with Gasteiger partial charge in [0, 0.05) is 43.5 Å². The van der Waals surface area contributed by atoms with E-state index in [1.807, 2.05) is 66.6 Å². The zero-order chi connectivity index (χ0) is 41.7. The van der Waals surface area contributed by atoms with E-state index in [4.69, 9.17) is 28.9 Å². The number of aliphatic hydroxyl groups excluding tert-OH is 2. The van der Waals surface area contributed by atoms with Gasteiger partial charge in [0.25, 0.3) is 0 Å². The molecule has 3 aromatic carbocycles. The number of oxime groups is 1. The fraction of sp³-hybridized carbons (Fsp3) is 0.408. The number of benzene rings is 3. The van der Waals surface area contributed by atoms with Crippen LogP contribution < -0.4 is 14.2 Å². The van der Waals surface area contributed by atoms with Crippen LogP contribution in [0.4, 0.5) is 0 Å². The molecule has 4 aromatic rings. The Morgan fingerprint density at radius 2 is 1.72 bits per heavy atom. The van der Waals surface area contributed by atoms with Crippen LogP contribution in [0.25, 0.3) is 0 Å². The van der Waals surface area contributed by atoms with Crippen LogP contribution in [-0.2, 0) is 22.6 Å². The Bertz CT molecular complexity index is 2100. The lowest BCUT2D eigenvalue weighted by atomic mass is 9.56. The van der Waals surface area contributed by atoms with Gasteiger partial charge in [-0.2, -0.15) is 11.8 Å². The van der Waals surface area contributed by atoms with Gasteiger partial charge in [-0.1, -0.05) is 60.5 Å². The van der Waals surface area contributed by atoms with E-state index in [1.165, 1.54) is 12.7 Å². The first-order chi connectivity index (χ1) is 29.5. The first kappa shape index (κ1) is 43.2. The molecular formula is C49H56N2O8S. The predicted molar refractivity (Wildman–Crippen MR) is 235 cm³/mol. The summed E-state index contributed by atoms with van der Waals surface area (Å²) in [7, 11) is 1.53. The number of rotatable bonds is 22. The van der Waals surface area contributed by atoms with Crippen molar-refractivity contribution in [1.29, 1.82) is 0 Å². The fourth-order valence-electron chi connectivity index (χ4n) is 9.17. The monoisotopic (exact) mass is 832 g/mol. The number of pyridine rings is 1. The van der Waals surface area contributed by atoms with Gasteiger partial charge in [-0.25, -0.2) is 0 Å². The summed E-state index contributed by atoms with van der Waals surface area (Å²) in [5.41, 5.74) is 5.61. The molecule has 316 valence electrons. The van der Waals surface area contributed by atoms with Gasteiger partial charge >= 0.3 is 0 Å². The maximum absolute atomic E-state index is 11.9. The van der Waals surface area contributed by atoms with Gasteiger partial charge in [-0.3, -0.25) is 9.78 Å². The number of ether oxygens (including phenoxy) is 4. The number of hydrogen-bond acceptors (Lipinski definition) is 11. The van der Waals surface area contributed by atoms with Crippen LogP contribution in [-0.4, -0.2) is 70.9 Å². The third-order valence-corrected chi connectivity index (χ3v) is 13.2. The Morgan fingerprint density at radius 1 is 0.950 bits per heavy atom. The van der Waals surface area contributed by atoms with E-state index in [0.717, 1.165) is 72.3 Å². The molecule has 1 fully saturated rings. The quantitative estimate of drug-likeness (QED) is 0.0342. The number of fused-ring (bicyclic) bond motifs is 2. The molecule has 60 heavy (non-hydrogen) atoms. The van der Waals surface area contributed by atoms with Crippen molar-refractivity contribution in [2.75, 3.05) is 32.7 Å². The molecule has 0 amide bonds. The molecule has 1 aromatic heterocycles. The molecule has 1 saturated carbocycles. The average Bonchev–Trinajstić information content (AvgIpc) is 3.28. The summed E-state index contributed by atoms with van der Waals surface area (Å²) in [5.74, 6) is 1.99. The predicted octanol–water partition coefficient (Wildman–Crippen LogP) is 9.50. The van der Waals surface area contributed by atoms with Gasteiger partial charge in [0.15, 0.2) is 6.29 Å². The number of aliphatic hydroxyl groups is 2. The average molecular weight is 833 g/mol. The Labute approximate surface area is 357 Å². The highest BCUT2D eigenvalue weighted by molar-refractivity contribution is 8.00. The summed E-state index contributed by atoms with van der Waals surface area (Å²) >= 11 is 1.83. The Morgan fingerprint density at radius 3 is 2.47 bits per heavy atom. The molecule has 0 radical (unpaired) electrons. The highest BCUT2D eigenvalue weighted by Gasteiger charge is 2.64. The second kappa shape index (κ2) is 21.0. The topological polar surface area (TPSA) is 129 Å². The lowest BCUT2D eigenvalue weighted by molar-refractivity contribution is -0.223. The molecule has 0 spiro atoms. The van der Waals surface area contributed by atoms with E-state index in [-0.39, 0.29) is 48.7 Å². The lowest BCUT2D eigenvalue weighted by Crippen LogP contribution is -2.64. The molecule has 2 N–H and O–H groups in total. The number of unbranched alkanes of at least 4 members (excludes halogenated alkanes) is 2. The number of carbonyl (C=O) groups is 1. The van der Waals surface area contributed by atoms with Crippen molar-refractivity contribution in [2.24, 2.45) is 22.9 Å². The first-order valence-corrected chi connectivity index (χ1v) is 22.1. The SMILES string of the molecule is C=CCOC12Oc3ccc(Oc4ccc(OC)c(C=O)c4)cc3C3C(CCCCO)C(CCCCO)C=C(C(=NOCc4ccccc4)CC1SCCc1ccncc1)C32. The number of nitrogens with zero attached hydrogens (tertiary/aromatic N) is 2. The molecule has 7 rings (SSSR count). The van der Waals surface area contributed by atoms with Gasteiger partial charge in [-0.05, 0) is 115 Å². The van der Waals surface area contributed by atoms with Gasteiger partial charge in [0.2, 0.25) is 5.79 Å². The van der Waals surface area contributed by atoms with Crippen LogP contribution in [0.15, 0.2) is 121 Å². The van der Waals surface area contributed by atoms with Crippen molar-refractivity contribution in [3.05, 3.63) is 138 Å². The third-order valence-electron chi connectivity index (χ3n) is 11.9. The summed E-state index contributed by atoms with van der Waals surface area (Å²) in [5, 5.41) is 24.6. The van der Waals surface area contributed by atoms with Crippen LogP contribution >= 0.6 is 11.8 Å². The van der Waals surface area contributed by atoms with Crippen molar-refractivity contribution in [1.82, 2.24) is 4.98 Å². The number of hydrogen-bond donors (Lipinski definition) is 2. The van der Waals surface area contributed by atoms with Crippen molar-refractivity contribution < 1.29 is 38.8 Å². The first-order valence-electron chi connectivity index (χ1n) is 21.1. The molecule has 0 saturated heterocycles. The number of methoxy groups -OCH3 is 1. The van der Waals surface area contributed by atoms with Crippen molar-refractivity contribution in [3.63, 3.8) is 0 Å².